The van der Waals surface area contributed by atoms with E-state index in [0.717, 1.165) is 29.3 Å². The van der Waals surface area contributed by atoms with Gasteiger partial charge in [0.05, 0.1) is 5.69 Å². The van der Waals surface area contributed by atoms with Gasteiger partial charge in [0.1, 0.15) is 6.54 Å². The Kier molecular flexibility index (Phi) is 6.43. The van der Waals surface area contributed by atoms with Gasteiger partial charge in [-0.15, -0.1) is 11.3 Å². The van der Waals surface area contributed by atoms with Gasteiger partial charge in [0.2, 0.25) is 5.91 Å². The molecule has 1 aliphatic rings. The molecule has 156 valence electrons. The molecule has 2 amide bonds. The van der Waals surface area contributed by atoms with Crippen molar-refractivity contribution in [3.8, 4) is 0 Å². The molecule has 5 nitrogen and oxygen atoms in total. The average molecular weight is 422 g/mol. The number of rotatable bonds is 6. The summed E-state index contributed by atoms with van der Waals surface area (Å²) in [5.74, 6) is 0.171. The Hall–Kier alpha value is -2.73. The highest BCUT2D eigenvalue weighted by atomic mass is 32.1. The molecule has 0 spiro atoms. The second kappa shape index (κ2) is 9.39. The first-order valence-electron chi connectivity index (χ1n) is 10.6. The van der Waals surface area contributed by atoms with Gasteiger partial charge in [0.15, 0.2) is 5.13 Å². The lowest BCUT2D eigenvalue weighted by Crippen LogP contribution is -2.41. The third-order valence-electron chi connectivity index (χ3n) is 5.69. The topological polar surface area (TPSA) is 62.3 Å². The van der Waals surface area contributed by atoms with Crippen molar-refractivity contribution in [2.75, 3.05) is 18.4 Å². The monoisotopic (exact) mass is 421 g/mol. The van der Waals surface area contributed by atoms with E-state index in [4.69, 9.17) is 0 Å². The first-order chi connectivity index (χ1) is 14.6. The molecule has 2 aromatic carbocycles. The molecule has 0 radical (unpaired) electrons. The second-order valence-electron chi connectivity index (χ2n) is 8.09. The van der Waals surface area contributed by atoms with Crippen molar-refractivity contribution in [3.63, 3.8) is 0 Å². The van der Waals surface area contributed by atoms with Crippen LogP contribution in [0.15, 0.2) is 47.8 Å². The molecule has 0 bridgehead atoms. The van der Waals surface area contributed by atoms with Gasteiger partial charge in [-0.2, -0.15) is 0 Å². The smallest absolute Gasteiger partial charge is 0.254 e. The molecule has 0 atom stereocenters. The molecule has 1 saturated carbocycles. The molecule has 0 saturated heterocycles. The number of fused-ring (bicyclic) bond motifs is 1. The number of amides is 2. The van der Waals surface area contributed by atoms with Crippen LogP contribution in [0, 0.1) is 12.8 Å². The second-order valence-corrected chi connectivity index (χ2v) is 8.95. The largest absolute Gasteiger partial charge is 0.329 e. The summed E-state index contributed by atoms with van der Waals surface area (Å²) >= 11 is 1.40. The van der Waals surface area contributed by atoms with E-state index in [0.29, 0.717) is 23.2 Å². The summed E-state index contributed by atoms with van der Waals surface area (Å²) < 4.78 is 0. The summed E-state index contributed by atoms with van der Waals surface area (Å²) in [6, 6.07) is 13.8. The average Bonchev–Trinajstić information content (AvgIpc) is 3.17. The molecule has 0 aliphatic heterocycles. The molecule has 1 fully saturated rings. The Morgan fingerprint density at radius 1 is 1.10 bits per heavy atom. The van der Waals surface area contributed by atoms with Gasteiger partial charge in [0, 0.05) is 17.5 Å². The lowest BCUT2D eigenvalue weighted by atomic mass is 9.89. The number of carbonyl (C=O) groups is 2. The molecule has 0 unspecified atom stereocenters. The van der Waals surface area contributed by atoms with Crippen LogP contribution in [0.4, 0.5) is 5.13 Å². The Balaban J connectivity index is 1.52. The zero-order chi connectivity index (χ0) is 20.9. The maximum absolute atomic E-state index is 13.4. The zero-order valence-electron chi connectivity index (χ0n) is 17.3. The predicted octanol–water partition coefficient (Wildman–Crippen LogP) is 5.27. The molecule has 1 heterocycles. The van der Waals surface area contributed by atoms with Crippen LogP contribution < -0.4 is 5.32 Å². The molecule has 1 aliphatic carbocycles. The minimum Gasteiger partial charge on any atom is -0.329 e. The molecular formula is C24H27N3O2S. The Bertz CT molecular complexity index is 1040. The van der Waals surface area contributed by atoms with Crippen LogP contribution >= 0.6 is 11.3 Å². The first-order valence-corrected chi connectivity index (χ1v) is 11.5. The summed E-state index contributed by atoms with van der Waals surface area (Å²) in [4.78, 5) is 32.1. The Morgan fingerprint density at radius 3 is 2.60 bits per heavy atom. The van der Waals surface area contributed by atoms with Crippen LogP contribution in [-0.4, -0.2) is 34.8 Å². The summed E-state index contributed by atoms with van der Waals surface area (Å²) in [5.41, 5.74) is 1.50. The highest BCUT2D eigenvalue weighted by Gasteiger charge is 2.24. The molecule has 3 aromatic rings. The first kappa shape index (κ1) is 20.5. The fourth-order valence-corrected chi connectivity index (χ4v) is 4.85. The van der Waals surface area contributed by atoms with Crippen LogP contribution in [0.5, 0.6) is 0 Å². The van der Waals surface area contributed by atoms with E-state index < -0.39 is 0 Å². The number of hydrogen-bond acceptors (Lipinski definition) is 4. The van der Waals surface area contributed by atoms with Crippen molar-refractivity contribution < 1.29 is 9.59 Å². The number of aryl methyl sites for hydroxylation is 1. The lowest BCUT2D eigenvalue weighted by Gasteiger charge is -2.29. The van der Waals surface area contributed by atoms with Crippen LogP contribution in [-0.2, 0) is 4.79 Å². The third kappa shape index (κ3) is 5.05. The minimum atomic E-state index is -0.200. The van der Waals surface area contributed by atoms with Gasteiger partial charge in [0.25, 0.3) is 5.91 Å². The van der Waals surface area contributed by atoms with E-state index in [1.54, 1.807) is 4.90 Å². The maximum atomic E-state index is 13.4. The fourth-order valence-electron chi connectivity index (χ4n) is 4.15. The normalized spacial score (nSPS) is 14.6. The number of nitrogens with zero attached hydrogens (tertiary/aromatic N) is 2. The van der Waals surface area contributed by atoms with Crippen LogP contribution in [0.3, 0.4) is 0 Å². The van der Waals surface area contributed by atoms with Crippen LogP contribution in [0.25, 0.3) is 10.8 Å². The number of carbonyl (C=O) groups excluding carboxylic acids is 2. The molecule has 1 N–H and O–H groups in total. The van der Waals surface area contributed by atoms with Gasteiger partial charge >= 0.3 is 0 Å². The summed E-state index contributed by atoms with van der Waals surface area (Å²) in [6.45, 7) is 2.56. The summed E-state index contributed by atoms with van der Waals surface area (Å²) in [7, 11) is 0. The van der Waals surface area contributed by atoms with Gasteiger partial charge in [-0.25, -0.2) is 4.98 Å². The van der Waals surface area contributed by atoms with Gasteiger partial charge in [-0.05, 0) is 48.6 Å². The fraction of sp³-hybridized carbons (Fsp3) is 0.375. The lowest BCUT2D eigenvalue weighted by molar-refractivity contribution is -0.117. The van der Waals surface area contributed by atoms with Crippen molar-refractivity contribution >= 4 is 39.1 Å². The standard InChI is InChI=1S/C24H27N3O2S/c1-17-16-30-24(25-17)26-22(28)15-27(14-18-7-3-2-4-8-18)23(29)21-12-11-19-9-5-6-10-20(19)13-21/h5-6,9-13,16,18H,2-4,7-8,14-15H2,1H3,(H,25,26,28). The van der Waals surface area contributed by atoms with Gasteiger partial charge in [-0.3, -0.25) is 9.59 Å². The van der Waals surface area contributed by atoms with Gasteiger partial charge < -0.3 is 10.2 Å². The maximum Gasteiger partial charge on any atom is 0.254 e. The summed E-state index contributed by atoms with van der Waals surface area (Å²) in [5, 5.41) is 7.45. The number of anilines is 1. The van der Waals surface area contributed by atoms with E-state index in [9.17, 15) is 9.59 Å². The SMILES string of the molecule is Cc1csc(NC(=O)CN(CC2CCCCC2)C(=O)c2ccc3ccccc3c2)n1. The number of benzene rings is 2. The van der Waals surface area contributed by atoms with Gasteiger partial charge in [-0.1, -0.05) is 49.6 Å². The van der Waals surface area contributed by atoms with E-state index >= 15 is 0 Å². The highest BCUT2D eigenvalue weighted by Crippen LogP contribution is 2.25. The molecule has 1 aromatic heterocycles. The van der Waals surface area contributed by atoms with Crippen molar-refractivity contribution in [1.82, 2.24) is 9.88 Å². The summed E-state index contributed by atoms with van der Waals surface area (Å²) in [6.07, 6.45) is 5.91. The molecular weight excluding hydrogens is 394 g/mol. The highest BCUT2D eigenvalue weighted by molar-refractivity contribution is 7.13. The van der Waals surface area contributed by atoms with E-state index in [2.05, 4.69) is 10.3 Å². The van der Waals surface area contributed by atoms with Crippen molar-refractivity contribution in [3.05, 3.63) is 59.1 Å². The number of aromatic nitrogens is 1. The van der Waals surface area contributed by atoms with E-state index in [-0.39, 0.29) is 18.4 Å². The van der Waals surface area contributed by atoms with Crippen LogP contribution in [0.2, 0.25) is 0 Å². The Morgan fingerprint density at radius 2 is 1.87 bits per heavy atom. The van der Waals surface area contributed by atoms with E-state index in [1.807, 2.05) is 54.8 Å². The van der Waals surface area contributed by atoms with Crippen molar-refractivity contribution in [2.45, 2.75) is 39.0 Å². The molecule has 30 heavy (non-hydrogen) atoms. The Labute approximate surface area is 181 Å². The third-order valence-corrected chi connectivity index (χ3v) is 6.56. The molecule has 6 heteroatoms. The minimum absolute atomic E-state index is 0.0424. The van der Waals surface area contributed by atoms with Crippen molar-refractivity contribution in [1.29, 1.82) is 0 Å². The van der Waals surface area contributed by atoms with Crippen LogP contribution in [0.1, 0.15) is 48.2 Å². The molecule has 4 rings (SSSR count). The predicted molar refractivity (Wildman–Crippen MR) is 122 cm³/mol. The number of thiazole rings is 1. The van der Waals surface area contributed by atoms with Crippen molar-refractivity contribution in [2.24, 2.45) is 5.92 Å². The quantitative estimate of drug-likeness (QED) is 0.590. The number of hydrogen-bond donors (Lipinski definition) is 1. The van der Waals surface area contributed by atoms with E-state index in [1.165, 1.54) is 30.6 Å². The number of nitrogens with one attached hydrogen (secondary N) is 1. The zero-order valence-corrected chi connectivity index (χ0v) is 18.1.